The third-order valence-corrected chi connectivity index (χ3v) is 4.77. The Morgan fingerprint density at radius 2 is 1.94 bits per heavy atom. The second-order valence-corrected chi connectivity index (χ2v) is 5.45. The number of nitrogens with one attached hydrogen (secondary N) is 1. The fraction of sp³-hybridized carbons (Fsp3) is 0.769. The van der Waals surface area contributed by atoms with E-state index in [1.807, 2.05) is 11.6 Å². The Balaban J connectivity index is 2.85. The van der Waals surface area contributed by atoms with Gasteiger partial charge < -0.3 is 10.4 Å². The van der Waals surface area contributed by atoms with E-state index in [9.17, 15) is 5.11 Å². The molecule has 1 heterocycles. The Morgan fingerprint density at radius 1 is 1.33 bits per heavy atom. The van der Waals surface area contributed by atoms with Gasteiger partial charge in [0.25, 0.3) is 0 Å². The molecule has 0 aromatic carbocycles. The summed E-state index contributed by atoms with van der Waals surface area (Å²) >= 11 is 3.59. The van der Waals surface area contributed by atoms with E-state index in [0.717, 1.165) is 41.8 Å². The maximum Gasteiger partial charge on any atom is 0.0739 e. The van der Waals surface area contributed by atoms with Crippen molar-refractivity contribution in [3.05, 3.63) is 15.9 Å². The zero-order valence-corrected chi connectivity index (χ0v) is 13.3. The summed E-state index contributed by atoms with van der Waals surface area (Å²) in [5.41, 5.74) is 1.97. The third-order valence-electron chi connectivity index (χ3n) is 3.74. The molecular formula is C13H24BrN3O. The molecule has 5 heteroatoms. The Kier molecular flexibility index (Phi) is 5.82. The van der Waals surface area contributed by atoms with E-state index in [0.29, 0.717) is 0 Å². The van der Waals surface area contributed by atoms with Gasteiger partial charge in [0.2, 0.25) is 0 Å². The van der Waals surface area contributed by atoms with Crippen LogP contribution in [0.25, 0.3) is 0 Å². The van der Waals surface area contributed by atoms with Gasteiger partial charge in [-0.2, -0.15) is 5.10 Å². The molecule has 1 aromatic heterocycles. The highest BCUT2D eigenvalue weighted by atomic mass is 79.9. The number of nitrogens with zero attached hydrogens (tertiary/aromatic N) is 2. The van der Waals surface area contributed by atoms with Gasteiger partial charge in [0.15, 0.2) is 0 Å². The first kappa shape index (κ1) is 15.7. The van der Waals surface area contributed by atoms with Crippen LogP contribution in [-0.2, 0) is 13.1 Å². The van der Waals surface area contributed by atoms with Gasteiger partial charge in [-0.05, 0) is 42.6 Å². The average Bonchev–Trinajstić information content (AvgIpc) is 2.68. The van der Waals surface area contributed by atoms with E-state index in [2.05, 4.69) is 47.1 Å². The summed E-state index contributed by atoms with van der Waals surface area (Å²) in [5, 5.41) is 17.5. The lowest BCUT2D eigenvalue weighted by Gasteiger charge is -2.31. The molecule has 18 heavy (non-hydrogen) atoms. The molecule has 0 atom stereocenters. The third kappa shape index (κ3) is 3.13. The minimum absolute atomic E-state index is 0.164. The van der Waals surface area contributed by atoms with Crippen molar-refractivity contribution in [2.45, 2.75) is 59.2 Å². The first-order valence-electron chi connectivity index (χ1n) is 6.61. The molecule has 0 bridgehead atoms. The Labute approximate surface area is 118 Å². The van der Waals surface area contributed by atoms with Crippen LogP contribution in [0.5, 0.6) is 0 Å². The number of rotatable bonds is 7. The Morgan fingerprint density at radius 3 is 2.39 bits per heavy atom. The summed E-state index contributed by atoms with van der Waals surface area (Å²) in [6.07, 6.45) is 1.83. The van der Waals surface area contributed by atoms with Crippen LogP contribution in [0.2, 0.25) is 0 Å². The van der Waals surface area contributed by atoms with Crippen molar-refractivity contribution < 1.29 is 5.11 Å². The standard InChI is InChI=1S/C13H24BrN3O/c1-5-13(6-2,9-18)15-8-11-12(14)10(4)16-17(11)7-3/h15,18H,5-9H2,1-4H3. The molecule has 0 aliphatic carbocycles. The van der Waals surface area contributed by atoms with Crippen molar-refractivity contribution >= 4 is 15.9 Å². The van der Waals surface area contributed by atoms with E-state index in [4.69, 9.17) is 0 Å². The second kappa shape index (κ2) is 6.68. The van der Waals surface area contributed by atoms with Crippen LogP contribution in [0, 0.1) is 6.92 Å². The van der Waals surface area contributed by atoms with Crippen molar-refractivity contribution in [3.63, 3.8) is 0 Å². The summed E-state index contributed by atoms with van der Waals surface area (Å²) < 4.78 is 3.07. The number of hydrogen-bond acceptors (Lipinski definition) is 3. The molecule has 0 saturated heterocycles. The van der Waals surface area contributed by atoms with Gasteiger partial charge in [0.05, 0.1) is 22.5 Å². The highest BCUT2D eigenvalue weighted by Gasteiger charge is 2.25. The monoisotopic (exact) mass is 317 g/mol. The van der Waals surface area contributed by atoms with Crippen LogP contribution in [-0.4, -0.2) is 27.0 Å². The molecule has 0 saturated carbocycles. The molecule has 0 aliphatic rings. The summed E-state index contributed by atoms with van der Waals surface area (Å²) in [6.45, 7) is 10.0. The van der Waals surface area contributed by atoms with E-state index >= 15 is 0 Å². The quantitative estimate of drug-likeness (QED) is 0.812. The summed E-state index contributed by atoms with van der Waals surface area (Å²) in [6, 6.07) is 0. The van der Waals surface area contributed by atoms with Crippen LogP contribution < -0.4 is 5.32 Å². The van der Waals surface area contributed by atoms with E-state index in [1.54, 1.807) is 0 Å². The van der Waals surface area contributed by atoms with Gasteiger partial charge >= 0.3 is 0 Å². The lowest BCUT2D eigenvalue weighted by atomic mass is 9.94. The first-order chi connectivity index (χ1) is 8.53. The first-order valence-corrected chi connectivity index (χ1v) is 7.40. The van der Waals surface area contributed by atoms with E-state index < -0.39 is 0 Å². The molecule has 1 aromatic rings. The zero-order valence-electron chi connectivity index (χ0n) is 11.8. The average molecular weight is 318 g/mol. The predicted molar refractivity (Wildman–Crippen MR) is 77.6 cm³/mol. The highest BCUT2D eigenvalue weighted by molar-refractivity contribution is 9.10. The number of halogens is 1. The number of aliphatic hydroxyl groups is 1. The molecule has 4 nitrogen and oxygen atoms in total. The molecule has 0 aliphatic heterocycles. The Bertz CT molecular complexity index is 378. The number of aryl methyl sites for hydroxylation is 2. The lowest BCUT2D eigenvalue weighted by Crippen LogP contribution is -2.47. The molecule has 2 N–H and O–H groups in total. The lowest BCUT2D eigenvalue weighted by molar-refractivity contribution is 0.148. The topological polar surface area (TPSA) is 50.1 Å². The van der Waals surface area contributed by atoms with Gasteiger partial charge in [-0.3, -0.25) is 4.68 Å². The van der Waals surface area contributed by atoms with Crippen molar-refractivity contribution in [2.24, 2.45) is 0 Å². The smallest absolute Gasteiger partial charge is 0.0739 e. The van der Waals surface area contributed by atoms with Gasteiger partial charge in [-0.25, -0.2) is 0 Å². The molecule has 0 fully saturated rings. The number of aliphatic hydroxyl groups excluding tert-OH is 1. The molecule has 0 spiro atoms. The summed E-state index contributed by atoms with van der Waals surface area (Å²) in [7, 11) is 0. The van der Waals surface area contributed by atoms with Crippen LogP contribution in [0.15, 0.2) is 4.47 Å². The highest BCUT2D eigenvalue weighted by Crippen LogP contribution is 2.22. The normalized spacial score (nSPS) is 12.1. The van der Waals surface area contributed by atoms with Crippen molar-refractivity contribution in [2.75, 3.05) is 6.61 Å². The van der Waals surface area contributed by atoms with Gasteiger partial charge in [0.1, 0.15) is 0 Å². The fourth-order valence-electron chi connectivity index (χ4n) is 2.09. The molecule has 0 radical (unpaired) electrons. The zero-order chi connectivity index (χ0) is 13.8. The van der Waals surface area contributed by atoms with Crippen LogP contribution >= 0.6 is 15.9 Å². The van der Waals surface area contributed by atoms with Gasteiger partial charge in [0, 0.05) is 18.6 Å². The molecule has 0 amide bonds. The van der Waals surface area contributed by atoms with Gasteiger partial charge in [-0.15, -0.1) is 0 Å². The maximum absolute atomic E-state index is 9.56. The largest absolute Gasteiger partial charge is 0.394 e. The number of aromatic nitrogens is 2. The van der Waals surface area contributed by atoms with Crippen LogP contribution in [0.4, 0.5) is 0 Å². The van der Waals surface area contributed by atoms with Crippen LogP contribution in [0.1, 0.15) is 45.0 Å². The molecule has 104 valence electrons. The van der Waals surface area contributed by atoms with E-state index in [1.165, 1.54) is 0 Å². The minimum atomic E-state index is -0.184. The summed E-state index contributed by atoms with van der Waals surface area (Å²) in [4.78, 5) is 0. The molecule has 0 unspecified atom stereocenters. The fourth-order valence-corrected chi connectivity index (χ4v) is 2.51. The maximum atomic E-state index is 9.56. The van der Waals surface area contributed by atoms with E-state index in [-0.39, 0.29) is 12.1 Å². The van der Waals surface area contributed by atoms with Crippen LogP contribution in [0.3, 0.4) is 0 Å². The molecular weight excluding hydrogens is 294 g/mol. The summed E-state index contributed by atoms with van der Waals surface area (Å²) in [5.74, 6) is 0. The minimum Gasteiger partial charge on any atom is -0.394 e. The van der Waals surface area contributed by atoms with Crippen molar-refractivity contribution in [1.29, 1.82) is 0 Å². The number of hydrogen-bond donors (Lipinski definition) is 2. The predicted octanol–water partition coefficient (Wildman–Crippen LogP) is 2.61. The SMILES string of the molecule is CCn1nc(C)c(Br)c1CNC(CC)(CC)CO. The second-order valence-electron chi connectivity index (χ2n) is 4.66. The van der Waals surface area contributed by atoms with Crippen molar-refractivity contribution in [1.82, 2.24) is 15.1 Å². The Hall–Kier alpha value is -0.390. The van der Waals surface area contributed by atoms with Gasteiger partial charge in [-0.1, -0.05) is 13.8 Å². The molecule has 1 rings (SSSR count). The van der Waals surface area contributed by atoms with Crippen molar-refractivity contribution in [3.8, 4) is 0 Å².